The highest BCUT2D eigenvalue weighted by Gasteiger charge is 2.23. The number of rotatable bonds is 5. The van der Waals surface area contributed by atoms with Crippen LogP contribution in [0, 0.1) is 0 Å². The van der Waals surface area contributed by atoms with Crippen molar-refractivity contribution in [1.82, 2.24) is 10.2 Å². The van der Waals surface area contributed by atoms with Crippen LogP contribution in [-0.2, 0) is 14.3 Å². The molecule has 1 saturated heterocycles. The molecule has 0 spiro atoms. The van der Waals surface area contributed by atoms with Crippen molar-refractivity contribution in [3.8, 4) is 0 Å². The number of hydrogen-bond acceptors (Lipinski definition) is 4. The molecule has 0 radical (unpaired) electrons. The Morgan fingerprint density at radius 3 is 2.47 bits per heavy atom. The maximum Gasteiger partial charge on any atom is 0.236 e. The van der Waals surface area contributed by atoms with E-state index in [9.17, 15) is 9.59 Å². The van der Waals surface area contributed by atoms with Crippen molar-refractivity contribution in [2.75, 3.05) is 32.8 Å². The molecule has 1 rings (SSSR count). The van der Waals surface area contributed by atoms with E-state index in [1.807, 2.05) is 13.8 Å². The Morgan fingerprint density at radius 2 is 1.94 bits per heavy atom. The van der Waals surface area contributed by atoms with Crippen molar-refractivity contribution in [3.05, 3.63) is 0 Å². The molecule has 1 fully saturated rings. The first kappa shape index (κ1) is 13.9. The summed E-state index contributed by atoms with van der Waals surface area (Å²) in [5.74, 6) is -0.341. The molecule has 1 aliphatic heterocycles. The van der Waals surface area contributed by atoms with Gasteiger partial charge in [-0.2, -0.15) is 0 Å². The monoisotopic (exact) mass is 243 g/mol. The quantitative estimate of drug-likeness (QED) is 0.654. The standard InChI is InChI=1S/C11H21N3O3/c1-11(2,7-9(12)15)13-8-10(16)14-3-5-17-6-4-14/h13H,3-8H2,1-2H3,(H2,12,15). The number of primary amides is 1. The maximum atomic E-state index is 11.8. The van der Waals surface area contributed by atoms with Crippen LogP contribution in [-0.4, -0.2) is 55.1 Å². The second-order valence-electron chi connectivity index (χ2n) is 4.87. The first-order chi connectivity index (χ1) is 7.91. The maximum absolute atomic E-state index is 11.8. The lowest BCUT2D eigenvalue weighted by atomic mass is 10.0. The number of ether oxygens (including phenoxy) is 1. The van der Waals surface area contributed by atoms with Gasteiger partial charge in [-0.1, -0.05) is 0 Å². The minimum Gasteiger partial charge on any atom is -0.378 e. The fraction of sp³-hybridized carbons (Fsp3) is 0.818. The van der Waals surface area contributed by atoms with Crippen molar-refractivity contribution in [2.45, 2.75) is 25.8 Å². The summed E-state index contributed by atoms with van der Waals surface area (Å²) in [6.07, 6.45) is 0.212. The number of morpholine rings is 1. The summed E-state index contributed by atoms with van der Waals surface area (Å²) in [6, 6.07) is 0. The van der Waals surface area contributed by atoms with Crippen LogP contribution >= 0.6 is 0 Å². The van der Waals surface area contributed by atoms with Gasteiger partial charge in [0.25, 0.3) is 0 Å². The molecule has 98 valence electrons. The highest BCUT2D eigenvalue weighted by atomic mass is 16.5. The van der Waals surface area contributed by atoms with Crippen LogP contribution in [0.4, 0.5) is 0 Å². The zero-order chi connectivity index (χ0) is 12.9. The molecule has 0 aliphatic carbocycles. The largest absolute Gasteiger partial charge is 0.378 e. The van der Waals surface area contributed by atoms with Crippen LogP contribution in [0.15, 0.2) is 0 Å². The number of nitrogens with two attached hydrogens (primary N) is 1. The third-order valence-electron chi connectivity index (χ3n) is 2.70. The van der Waals surface area contributed by atoms with E-state index >= 15 is 0 Å². The first-order valence-corrected chi connectivity index (χ1v) is 5.79. The number of carbonyl (C=O) groups is 2. The van der Waals surface area contributed by atoms with Gasteiger partial charge in [-0.25, -0.2) is 0 Å². The Kier molecular flexibility index (Phi) is 4.89. The summed E-state index contributed by atoms with van der Waals surface area (Å²) in [5, 5.41) is 3.05. The summed E-state index contributed by atoms with van der Waals surface area (Å²) in [7, 11) is 0. The van der Waals surface area contributed by atoms with Gasteiger partial charge in [0.2, 0.25) is 11.8 Å². The minimum atomic E-state index is -0.451. The van der Waals surface area contributed by atoms with Gasteiger partial charge in [0.1, 0.15) is 0 Å². The highest BCUT2D eigenvalue weighted by Crippen LogP contribution is 2.07. The fourth-order valence-electron chi connectivity index (χ4n) is 1.74. The second-order valence-corrected chi connectivity index (χ2v) is 4.87. The molecule has 0 aromatic carbocycles. The minimum absolute atomic E-state index is 0.0332. The Bertz CT molecular complexity index is 286. The average molecular weight is 243 g/mol. The number of hydrogen-bond donors (Lipinski definition) is 2. The van der Waals surface area contributed by atoms with Gasteiger partial charge in [-0.15, -0.1) is 0 Å². The zero-order valence-corrected chi connectivity index (χ0v) is 10.5. The zero-order valence-electron chi connectivity index (χ0n) is 10.5. The average Bonchev–Trinajstić information content (AvgIpc) is 2.25. The number of amides is 2. The summed E-state index contributed by atoms with van der Waals surface area (Å²) in [5.41, 5.74) is 4.69. The van der Waals surface area contributed by atoms with Crippen molar-refractivity contribution < 1.29 is 14.3 Å². The lowest BCUT2D eigenvalue weighted by molar-refractivity contribution is -0.134. The topological polar surface area (TPSA) is 84.7 Å². The first-order valence-electron chi connectivity index (χ1n) is 5.79. The van der Waals surface area contributed by atoms with Crippen LogP contribution in [0.25, 0.3) is 0 Å². The van der Waals surface area contributed by atoms with Gasteiger partial charge in [0.05, 0.1) is 19.8 Å². The van der Waals surface area contributed by atoms with E-state index in [4.69, 9.17) is 10.5 Å². The molecule has 1 heterocycles. The number of nitrogens with zero attached hydrogens (tertiary/aromatic N) is 1. The normalized spacial score (nSPS) is 16.9. The Labute approximate surface area is 101 Å². The van der Waals surface area contributed by atoms with E-state index in [1.165, 1.54) is 0 Å². The molecule has 6 nitrogen and oxygen atoms in total. The van der Waals surface area contributed by atoms with Crippen LogP contribution < -0.4 is 11.1 Å². The smallest absolute Gasteiger partial charge is 0.236 e. The molecule has 0 saturated carbocycles. The number of nitrogens with one attached hydrogen (secondary N) is 1. The van der Waals surface area contributed by atoms with E-state index in [0.29, 0.717) is 26.3 Å². The van der Waals surface area contributed by atoms with E-state index in [1.54, 1.807) is 4.90 Å². The van der Waals surface area contributed by atoms with E-state index < -0.39 is 5.54 Å². The van der Waals surface area contributed by atoms with Gasteiger partial charge < -0.3 is 20.7 Å². The van der Waals surface area contributed by atoms with Gasteiger partial charge in [0.15, 0.2) is 0 Å². The van der Waals surface area contributed by atoms with Crippen LogP contribution in [0.2, 0.25) is 0 Å². The molecule has 1 aliphatic rings. The summed E-state index contributed by atoms with van der Waals surface area (Å²) >= 11 is 0. The molecule has 17 heavy (non-hydrogen) atoms. The molecular formula is C11H21N3O3. The second kappa shape index (κ2) is 5.97. The third kappa shape index (κ3) is 5.14. The molecule has 2 amide bonds. The molecule has 3 N–H and O–H groups in total. The van der Waals surface area contributed by atoms with E-state index in [2.05, 4.69) is 5.32 Å². The summed E-state index contributed by atoms with van der Waals surface area (Å²) in [6.45, 7) is 6.38. The third-order valence-corrected chi connectivity index (χ3v) is 2.70. The van der Waals surface area contributed by atoms with Gasteiger partial charge >= 0.3 is 0 Å². The Balaban J connectivity index is 2.33. The van der Waals surface area contributed by atoms with Crippen molar-refractivity contribution in [3.63, 3.8) is 0 Å². The molecule has 0 aromatic heterocycles. The Hall–Kier alpha value is -1.14. The van der Waals surface area contributed by atoms with Gasteiger partial charge in [0, 0.05) is 25.0 Å². The lowest BCUT2D eigenvalue weighted by Crippen LogP contribution is -2.50. The molecular weight excluding hydrogens is 222 g/mol. The van der Waals surface area contributed by atoms with Crippen LogP contribution in [0.1, 0.15) is 20.3 Å². The van der Waals surface area contributed by atoms with Crippen LogP contribution in [0.3, 0.4) is 0 Å². The fourth-order valence-corrected chi connectivity index (χ4v) is 1.74. The van der Waals surface area contributed by atoms with Crippen molar-refractivity contribution in [2.24, 2.45) is 5.73 Å². The predicted octanol–water partition coefficient (Wildman–Crippen LogP) is -0.911. The van der Waals surface area contributed by atoms with Gasteiger partial charge in [-0.3, -0.25) is 9.59 Å². The summed E-state index contributed by atoms with van der Waals surface area (Å²) in [4.78, 5) is 24.4. The van der Waals surface area contributed by atoms with Crippen LogP contribution in [0.5, 0.6) is 0 Å². The van der Waals surface area contributed by atoms with E-state index in [-0.39, 0.29) is 24.8 Å². The SMILES string of the molecule is CC(C)(CC(N)=O)NCC(=O)N1CCOCC1. The van der Waals surface area contributed by atoms with Crippen molar-refractivity contribution >= 4 is 11.8 Å². The molecule has 6 heteroatoms. The van der Waals surface area contributed by atoms with Crippen molar-refractivity contribution in [1.29, 1.82) is 0 Å². The summed E-state index contributed by atoms with van der Waals surface area (Å²) < 4.78 is 5.17. The highest BCUT2D eigenvalue weighted by molar-refractivity contribution is 5.79. The molecule has 0 unspecified atom stereocenters. The predicted molar refractivity (Wildman–Crippen MR) is 63.3 cm³/mol. The number of carbonyl (C=O) groups excluding carboxylic acids is 2. The van der Waals surface area contributed by atoms with Gasteiger partial charge in [-0.05, 0) is 13.8 Å². The molecule has 0 atom stereocenters. The van der Waals surface area contributed by atoms with E-state index in [0.717, 1.165) is 0 Å². The lowest BCUT2D eigenvalue weighted by Gasteiger charge is -2.30. The molecule has 0 bridgehead atoms. The molecule has 0 aromatic rings. The Morgan fingerprint density at radius 1 is 1.35 bits per heavy atom.